The predicted octanol–water partition coefficient (Wildman–Crippen LogP) is 4.08. The summed E-state index contributed by atoms with van der Waals surface area (Å²) in [7, 11) is 0. The Balaban J connectivity index is 1.39. The monoisotopic (exact) mass is 344 g/mol. The van der Waals surface area contributed by atoms with E-state index in [9.17, 15) is 4.79 Å². The number of hydrogen-bond donors (Lipinski definition) is 0. The molecule has 138 valence electrons. The SMILES string of the molecule is CC(C)(C)OC(=O)N1CCC(CCN2CCc3ccccc3C2)CC1. The average Bonchev–Trinajstić information content (AvgIpc) is 2.59. The Labute approximate surface area is 152 Å². The van der Waals surface area contributed by atoms with Gasteiger partial charge in [0, 0.05) is 26.2 Å². The zero-order valence-electron chi connectivity index (χ0n) is 16.0. The third kappa shape index (κ3) is 5.21. The summed E-state index contributed by atoms with van der Waals surface area (Å²) in [5.41, 5.74) is 2.61. The average molecular weight is 344 g/mol. The lowest BCUT2D eigenvalue weighted by molar-refractivity contribution is 0.0177. The van der Waals surface area contributed by atoms with Gasteiger partial charge in [-0.2, -0.15) is 0 Å². The standard InChI is InChI=1S/C21H32N2O2/c1-21(2,3)25-20(24)23-14-9-17(10-15-23)8-12-22-13-11-18-6-4-5-7-19(18)16-22/h4-7,17H,8-16H2,1-3H3. The summed E-state index contributed by atoms with van der Waals surface area (Å²) in [5.74, 6) is 0.732. The van der Waals surface area contributed by atoms with Crippen LogP contribution in [0.4, 0.5) is 4.79 Å². The number of likely N-dealkylation sites (tertiary alicyclic amines) is 1. The third-order valence-corrected chi connectivity index (χ3v) is 5.33. The van der Waals surface area contributed by atoms with Crippen molar-refractivity contribution < 1.29 is 9.53 Å². The number of carbonyl (C=O) groups excluding carboxylic acids is 1. The van der Waals surface area contributed by atoms with Crippen LogP contribution in [-0.4, -0.2) is 47.7 Å². The molecule has 0 spiro atoms. The molecule has 1 saturated heterocycles. The lowest BCUT2D eigenvalue weighted by Gasteiger charge is -2.35. The van der Waals surface area contributed by atoms with E-state index in [0.29, 0.717) is 0 Å². The zero-order valence-corrected chi connectivity index (χ0v) is 16.0. The molecule has 0 aliphatic carbocycles. The molecule has 0 saturated carbocycles. The highest BCUT2D eigenvalue weighted by Crippen LogP contribution is 2.24. The van der Waals surface area contributed by atoms with Crippen LogP contribution in [0.2, 0.25) is 0 Å². The van der Waals surface area contributed by atoms with Crippen LogP contribution < -0.4 is 0 Å². The first-order valence-corrected chi connectivity index (χ1v) is 9.68. The van der Waals surface area contributed by atoms with Gasteiger partial charge in [-0.05, 0) is 70.0 Å². The zero-order chi connectivity index (χ0) is 17.9. The van der Waals surface area contributed by atoms with Crippen molar-refractivity contribution in [1.29, 1.82) is 0 Å². The van der Waals surface area contributed by atoms with Crippen molar-refractivity contribution >= 4 is 6.09 Å². The molecular formula is C21H32N2O2. The summed E-state index contributed by atoms with van der Waals surface area (Å²) < 4.78 is 5.48. The maximum absolute atomic E-state index is 12.1. The molecule has 0 atom stereocenters. The van der Waals surface area contributed by atoms with E-state index < -0.39 is 5.60 Å². The van der Waals surface area contributed by atoms with Gasteiger partial charge in [-0.3, -0.25) is 4.90 Å². The largest absolute Gasteiger partial charge is 0.444 e. The normalized spacial score (nSPS) is 19.6. The first-order chi connectivity index (χ1) is 11.9. The molecule has 1 amide bonds. The minimum absolute atomic E-state index is 0.154. The van der Waals surface area contributed by atoms with Crippen LogP contribution in [0.5, 0.6) is 0 Å². The molecule has 2 aliphatic heterocycles. The summed E-state index contributed by atoms with van der Waals surface area (Å²) in [6, 6.07) is 8.82. The molecular weight excluding hydrogens is 312 g/mol. The van der Waals surface area contributed by atoms with Gasteiger partial charge in [-0.25, -0.2) is 4.79 Å². The second-order valence-corrected chi connectivity index (χ2v) is 8.49. The van der Waals surface area contributed by atoms with Gasteiger partial charge in [0.1, 0.15) is 5.60 Å². The van der Waals surface area contributed by atoms with Gasteiger partial charge in [0.15, 0.2) is 0 Å². The molecule has 2 aliphatic rings. The second-order valence-electron chi connectivity index (χ2n) is 8.49. The second kappa shape index (κ2) is 7.77. The van der Waals surface area contributed by atoms with E-state index in [1.807, 2.05) is 25.7 Å². The van der Waals surface area contributed by atoms with Crippen LogP contribution in [-0.2, 0) is 17.7 Å². The van der Waals surface area contributed by atoms with E-state index in [4.69, 9.17) is 4.74 Å². The summed E-state index contributed by atoms with van der Waals surface area (Å²) >= 11 is 0. The molecule has 0 bridgehead atoms. The Kier molecular flexibility index (Phi) is 5.67. The fourth-order valence-corrected chi connectivity index (χ4v) is 3.84. The van der Waals surface area contributed by atoms with Crippen LogP contribution in [0.15, 0.2) is 24.3 Å². The van der Waals surface area contributed by atoms with Gasteiger partial charge in [0.2, 0.25) is 0 Å². The van der Waals surface area contributed by atoms with Crippen molar-refractivity contribution in [2.45, 2.75) is 58.6 Å². The molecule has 1 aromatic rings. The Morgan fingerprint density at radius 3 is 2.48 bits per heavy atom. The summed E-state index contributed by atoms with van der Waals surface area (Å²) in [6.07, 6.45) is 4.46. The highest BCUT2D eigenvalue weighted by Gasteiger charge is 2.27. The number of nitrogens with zero attached hydrogens (tertiary/aromatic N) is 2. The van der Waals surface area contributed by atoms with Crippen molar-refractivity contribution in [2.75, 3.05) is 26.2 Å². The molecule has 1 aromatic carbocycles. The number of piperidine rings is 1. The van der Waals surface area contributed by atoms with E-state index in [-0.39, 0.29) is 6.09 Å². The first-order valence-electron chi connectivity index (χ1n) is 9.68. The quantitative estimate of drug-likeness (QED) is 0.828. The number of amides is 1. The molecule has 4 nitrogen and oxygen atoms in total. The molecule has 2 heterocycles. The minimum Gasteiger partial charge on any atom is -0.444 e. The van der Waals surface area contributed by atoms with Gasteiger partial charge >= 0.3 is 6.09 Å². The van der Waals surface area contributed by atoms with Gasteiger partial charge in [-0.15, -0.1) is 0 Å². The number of carbonyl (C=O) groups is 1. The minimum atomic E-state index is -0.404. The van der Waals surface area contributed by atoms with E-state index >= 15 is 0 Å². The van der Waals surface area contributed by atoms with E-state index in [1.165, 1.54) is 37.1 Å². The first kappa shape index (κ1) is 18.2. The van der Waals surface area contributed by atoms with Crippen LogP contribution in [0.25, 0.3) is 0 Å². The molecule has 0 radical (unpaired) electrons. The van der Waals surface area contributed by atoms with Gasteiger partial charge in [-0.1, -0.05) is 24.3 Å². The molecule has 0 aromatic heterocycles. The van der Waals surface area contributed by atoms with Gasteiger partial charge in [0.25, 0.3) is 0 Å². The van der Waals surface area contributed by atoms with Crippen LogP contribution in [0, 0.1) is 5.92 Å². The Morgan fingerprint density at radius 1 is 1.12 bits per heavy atom. The van der Waals surface area contributed by atoms with Gasteiger partial charge < -0.3 is 9.64 Å². The fraction of sp³-hybridized carbons (Fsp3) is 0.667. The summed E-state index contributed by atoms with van der Waals surface area (Å²) in [5, 5.41) is 0. The fourth-order valence-electron chi connectivity index (χ4n) is 3.84. The van der Waals surface area contributed by atoms with Crippen LogP contribution >= 0.6 is 0 Å². The number of rotatable bonds is 3. The summed E-state index contributed by atoms with van der Waals surface area (Å²) in [6.45, 7) is 10.9. The van der Waals surface area contributed by atoms with Crippen molar-refractivity contribution in [2.24, 2.45) is 5.92 Å². The number of benzene rings is 1. The topological polar surface area (TPSA) is 32.8 Å². The van der Waals surface area contributed by atoms with Crippen LogP contribution in [0.1, 0.15) is 51.2 Å². The van der Waals surface area contributed by atoms with Crippen LogP contribution in [0.3, 0.4) is 0 Å². The summed E-state index contributed by atoms with van der Waals surface area (Å²) in [4.78, 5) is 16.6. The van der Waals surface area contributed by atoms with E-state index in [1.54, 1.807) is 0 Å². The maximum Gasteiger partial charge on any atom is 0.410 e. The third-order valence-electron chi connectivity index (χ3n) is 5.33. The van der Waals surface area contributed by atoms with Gasteiger partial charge in [0.05, 0.1) is 0 Å². The number of fused-ring (bicyclic) bond motifs is 1. The number of hydrogen-bond acceptors (Lipinski definition) is 3. The Morgan fingerprint density at radius 2 is 1.80 bits per heavy atom. The molecule has 3 rings (SSSR count). The lowest BCUT2D eigenvalue weighted by atomic mass is 9.92. The van der Waals surface area contributed by atoms with Crippen molar-refractivity contribution in [1.82, 2.24) is 9.80 Å². The van der Waals surface area contributed by atoms with Crippen molar-refractivity contribution in [3.8, 4) is 0 Å². The molecule has 0 N–H and O–H groups in total. The number of ether oxygens (including phenoxy) is 1. The molecule has 0 unspecified atom stereocenters. The van der Waals surface area contributed by atoms with E-state index in [2.05, 4.69) is 29.2 Å². The Hall–Kier alpha value is -1.55. The Bertz CT molecular complexity index is 586. The van der Waals surface area contributed by atoms with Crippen molar-refractivity contribution in [3.63, 3.8) is 0 Å². The maximum atomic E-state index is 12.1. The van der Waals surface area contributed by atoms with E-state index in [0.717, 1.165) is 38.4 Å². The smallest absolute Gasteiger partial charge is 0.410 e. The molecule has 4 heteroatoms. The highest BCUT2D eigenvalue weighted by molar-refractivity contribution is 5.68. The van der Waals surface area contributed by atoms with Crippen molar-refractivity contribution in [3.05, 3.63) is 35.4 Å². The lowest BCUT2D eigenvalue weighted by Crippen LogP contribution is -2.42. The predicted molar refractivity (Wildman–Crippen MR) is 101 cm³/mol. The molecule has 1 fully saturated rings. The highest BCUT2D eigenvalue weighted by atomic mass is 16.6. The molecule has 25 heavy (non-hydrogen) atoms.